The van der Waals surface area contributed by atoms with Crippen LogP contribution in [0.5, 0.6) is 0 Å². The fourth-order valence-electron chi connectivity index (χ4n) is 2.66. The molecule has 1 aliphatic heterocycles. The molecule has 1 saturated heterocycles. The number of urea groups is 1. The van der Waals surface area contributed by atoms with E-state index in [1.54, 1.807) is 16.2 Å². The lowest BCUT2D eigenvalue weighted by atomic mass is 10.1. The summed E-state index contributed by atoms with van der Waals surface area (Å²) in [5.41, 5.74) is 3.02. The number of hydrogen-bond donors (Lipinski definition) is 1. The third-order valence-electron chi connectivity index (χ3n) is 3.99. The number of rotatable bonds is 2. The van der Waals surface area contributed by atoms with Gasteiger partial charge in [0.2, 0.25) is 0 Å². The van der Waals surface area contributed by atoms with Crippen LogP contribution in [0.15, 0.2) is 41.1 Å². The zero-order valence-electron chi connectivity index (χ0n) is 13.2. The fourth-order valence-corrected chi connectivity index (χ4v) is 4.56. The molecule has 2 aromatic rings. The minimum Gasteiger partial charge on any atom is -0.322 e. The molecule has 3 rings (SSSR count). The van der Waals surface area contributed by atoms with E-state index in [1.165, 1.54) is 0 Å². The van der Waals surface area contributed by atoms with Crippen molar-refractivity contribution >= 4 is 33.9 Å². The minimum atomic E-state index is -0.879. The highest BCUT2D eigenvalue weighted by molar-refractivity contribution is 7.86. The maximum atomic E-state index is 12.5. The van der Waals surface area contributed by atoms with Crippen LogP contribution < -0.4 is 5.32 Å². The molecule has 1 atom stereocenters. The zero-order chi connectivity index (χ0) is 16.4. The molecule has 0 radical (unpaired) electrons. The van der Waals surface area contributed by atoms with E-state index in [9.17, 15) is 9.00 Å². The van der Waals surface area contributed by atoms with Gasteiger partial charge in [-0.25, -0.2) is 4.79 Å². The van der Waals surface area contributed by atoms with E-state index in [2.05, 4.69) is 16.8 Å². The van der Waals surface area contributed by atoms with Gasteiger partial charge >= 0.3 is 6.03 Å². The maximum absolute atomic E-state index is 12.5. The zero-order valence-corrected chi connectivity index (χ0v) is 14.9. The largest absolute Gasteiger partial charge is 0.322 e. The highest BCUT2D eigenvalue weighted by Gasteiger charge is 2.35. The van der Waals surface area contributed by atoms with Crippen LogP contribution in [-0.2, 0) is 10.8 Å². The number of carbonyl (C=O) groups excluding carboxylic acids is 1. The number of nitrogens with zero attached hydrogens (tertiary/aromatic N) is 1. The predicted octanol–water partition coefficient (Wildman–Crippen LogP) is 3.79. The second-order valence-electron chi connectivity index (χ2n) is 6.25. The van der Waals surface area contributed by atoms with Crippen molar-refractivity contribution in [3.05, 3.63) is 41.1 Å². The molecule has 0 bridgehead atoms. The molecule has 1 aromatic heterocycles. The van der Waals surface area contributed by atoms with Gasteiger partial charge in [-0.15, -0.1) is 0 Å². The molecule has 6 heteroatoms. The van der Waals surface area contributed by atoms with E-state index in [0.29, 0.717) is 18.8 Å². The first kappa shape index (κ1) is 16.2. The third-order valence-corrected chi connectivity index (χ3v) is 6.59. The van der Waals surface area contributed by atoms with Crippen LogP contribution in [0.2, 0.25) is 0 Å². The number of benzene rings is 1. The molecule has 122 valence electrons. The highest BCUT2D eigenvalue weighted by Crippen LogP contribution is 2.25. The normalized spacial score (nSPS) is 20.3. The van der Waals surface area contributed by atoms with Gasteiger partial charge in [-0.1, -0.05) is 12.1 Å². The molecule has 0 saturated carbocycles. The summed E-state index contributed by atoms with van der Waals surface area (Å²) < 4.78 is 11.6. The molecule has 2 heterocycles. The Morgan fingerprint density at radius 3 is 2.83 bits per heavy atom. The van der Waals surface area contributed by atoms with Crippen molar-refractivity contribution in [3.63, 3.8) is 0 Å². The number of nitrogens with one attached hydrogen (secondary N) is 1. The van der Waals surface area contributed by atoms with Crippen molar-refractivity contribution in [2.45, 2.75) is 18.6 Å². The lowest BCUT2D eigenvalue weighted by Gasteiger charge is -2.37. The Kier molecular flexibility index (Phi) is 4.55. The molecule has 23 heavy (non-hydrogen) atoms. The Hall–Kier alpha value is -1.66. The quantitative estimate of drug-likeness (QED) is 0.898. The average Bonchev–Trinajstić information content (AvgIpc) is 3.04. The smallest absolute Gasteiger partial charge is 0.321 e. The van der Waals surface area contributed by atoms with E-state index < -0.39 is 10.8 Å². The first-order valence-electron chi connectivity index (χ1n) is 7.53. The number of hydrogen-bond acceptors (Lipinski definition) is 3. The first-order chi connectivity index (χ1) is 11.0. The minimum absolute atomic E-state index is 0.128. The Morgan fingerprint density at radius 2 is 2.13 bits per heavy atom. The molecule has 4 nitrogen and oxygen atoms in total. The lowest BCUT2D eigenvalue weighted by molar-refractivity contribution is 0.207. The second-order valence-corrected chi connectivity index (χ2v) is 9.24. The summed E-state index contributed by atoms with van der Waals surface area (Å²) in [4.78, 5) is 14.2. The first-order valence-corrected chi connectivity index (χ1v) is 9.79. The van der Waals surface area contributed by atoms with Gasteiger partial charge in [-0.2, -0.15) is 11.3 Å². The molecule has 1 aromatic carbocycles. The van der Waals surface area contributed by atoms with Crippen LogP contribution in [0.3, 0.4) is 0 Å². The van der Waals surface area contributed by atoms with Crippen LogP contribution in [0, 0.1) is 0 Å². The molecule has 1 unspecified atom stereocenters. The van der Waals surface area contributed by atoms with Crippen LogP contribution in [-0.4, -0.2) is 38.7 Å². The standard InChI is InChI=1S/C17H20N2O2S2/c1-17(2)12-19(7-9-23(17)21)16(20)18-15-5-3-4-13(10-15)14-6-8-22-11-14/h3-6,8,10-11H,7,9,12H2,1-2H3,(H,18,20). The molecule has 0 spiro atoms. The predicted molar refractivity (Wildman–Crippen MR) is 97.4 cm³/mol. The Labute approximate surface area is 143 Å². The lowest BCUT2D eigenvalue weighted by Crippen LogP contribution is -2.53. The van der Waals surface area contributed by atoms with Crippen molar-refractivity contribution in [1.29, 1.82) is 0 Å². The molecule has 0 aliphatic carbocycles. The van der Waals surface area contributed by atoms with E-state index in [-0.39, 0.29) is 10.8 Å². The number of thiophene rings is 1. The van der Waals surface area contributed by atoms with E-state index in [1.807, 2.05) is 43.5 Å². The van der Waals surface area contributed by atoms with Gasteiger partial charge < -0.3 is 10.2 Å². The molecule has 1 N–H and O–H groups in total. The van der Waals surface area contributed by atoms with Crippen LogP contribution in [0.25, 0.3) is 11.1 Å². The summed E-state index contributed by atoms with van der Waals surface area (Å²) in [6.45, 7) is 4.93. The second kappa shape index (κ2) is 6.45. The van der Waals surface area contributed by atoms with Crippen molar-refractivity contribution in [3.8, 4) is 11.1 Å². The fraction of sp³-hybridized carbons (Fsp3) is 0.353. The van der Waals surface area contributed by atoms with Crippen LogP contribution >= 0.6 is 11.3 Å². The van der Waals surface area contributed by atoms with Crippen molar-refractivity contribution in [2.24, 2.45) is 0 Å². The summed E-state index contributed by atoms with van der Waals surface area (Å²) in [5, 5.41) is 7.08. The Bertz CT molecular complexity index is 726. The summed E-state index contributed by atoms with van der Waals surface area (Å²) in [6, 6.07) is 9.78. The van der Waals surface area contributed by atoms with Gasteiger partial charge in [-0.05, 0) is 53.9 Å². The van der Waals surface area contributed by atoms with Gasteiger partial charge in [0.05, 0.1) is 4.75 Å². The molecular formula is C17H20N2O2S2. The summed E-state index contributed by atoms with van der Waals surface area (Å²) in [6.07, 6.45) is 0. The van der Waals surface area contributed by atoms with Gasteiger partial charge in [0, 0.05) is 35.3 Å². The molecular weight excluding hydrogens is 328 g/mol. The van der Waals surface area contributed by atoms with Crippen molar-refractivity contribution in [1.82, 2.24) is 4.90 Å². The van der Waals surface area contributed by atoms with E-state index in [4.69, 9.17) is 0 Å². The number of carbonyl (C=O) groups is 1. The van der Waals surface area contributed by atoms with Gasteiger partial charge in [0.15, 0.2) is 0 Å². The molecule has 2 amide bonds. The van der Waals surface area contributed by atoms with Gasteiger partial charge in [0.1, 0.15) is 0 Å². The summed E-state index contributed by atoms with van der Waals surface area (Å²) >= 11 is 1.65. The van der Waals surface area contributed by atoms with Gasteiger partial charge in [-0.3, -0.25) is 4.21 Å². The Balaban J connectivity index is 1.71. The van der Waals surface area contributed by atoms with Crippen molar-refractivity contribution < 1.29 is 9.00 Å². The molecule has 1 fully saturated rings. The highest BCUT2D eigenvalue weighted by atomic mass is 32.2. The average molecular weight is 348 g/mol. The Morgan fingerprint density at radius 1 is 1.30 bits per heavy atom. The maximum Gasteiger partial charge on any atom is 0.321 e. The summed E-state index contributed by atoms with van der Waals surface area (Å²) in [7, 11) is -0.879. The van der Waals surface area contributed by atoms with Crippen molar-refractivity contribution in [2.75, 3.05) is 24.2 Å². The monoisotopic (exact) mass is 348 g/mol. The molecule has 1 aliphatic rings. The third kappa shape index (κ3) is 3.64. The topological polar surface area (TPSA) is 49.4 Å². The SMILES string of the molecule is CC1(C)CN(C(=O)Nc2cccc(-c3ccsc3)c2)CCS1=O. The number of amides is 2. The van der Waals surface area contributed by atoms with Gasteiger partial charge in [0.25, 0.3) is 0 Å². The van der Waals surface area contributed by atoms with E-state index >= 15 is 0 Å². The summed E-state index contributed by atoms with van der Waals surface area (Å²) in [5.74, 6) is 0.537. The van der Waals surface area contributed by atoms with Crippen LogP contribution in [0.1, 0.15) is 13.8 Å². The van der Waals surface area contributed by atoms with E-state index in [0.717, 1.165) is 16.8 Å². The van der Waals surface area contributed by atoms with Crippen LogP contribution in [0.4, 0.5) is 10.5 Å². The number of anilines is 1.